The molecule has 5 rings (SSSR count). The van der Waals surface area contributed by atoms with Gasteiger partial charge in [-0.05, 0) is 87.3 Å². The van der Waals surface area contributed by atoms with E-state index in [0.717, 1.165) is 89.8 Å². The molecule has 1 aromatic carbocycles. The average molecular weight is 869 g/mol. The Labute approximate surface area is 376 Å². The van der Waals surface area contributed by atoms with E-state index < -0.39 is 5.97 Å². The van der Waals surface area contributed by atoms with Gasteiger partial charge in [0, 0.05) is 81.9 Å². The largest absolute Gasteiger partial charge is 0.424 e. The van der Waals surface area contributed by atoms with E-state index in [1.165, 1.54) is 114 Å². The van der Waals surface area contributed by atoms with Crippen molar-refractivity contribution < 1.29 is 23.6 Å². The van der Waals surface area contributed by atoms with Crippen LogP contribution in [-0.2, 0) is 40.2 Å². The average Bonchev–Trinajstić information content (AvgIpc) is 3.76. The van der Waals surface area contributed by atoms with Crippen LogP contribution in [0, 0.1) is 0 Å². The lowest BCUT2D eigenvalue weighted by Crippen LogP contribution is -2.33. The van der Waals surface area contributed by atoms with Crippen LogP contribution in [0.5, 0.6) is 5.75 Å². The molecule has 0 amide bonds. The summed E-state index contributed by atoms with van der Waals surface area (Å²) in [5, 5.41) is 9.93. The minimum absolute atomic E-state index is 0.358. The summed E-state index contributed by atoms with van der Waals surface area (Å²) >= 11 is 6.55. The van der Waals surface area contributed by atoms with Gasteiger partial charge in [-0.1, -0.05) is 106 Å². The third-order valence-corrected chi connectivity index (χ3v) is 11.7. The van der Waals surface area contributed by atoms with Crippen LogP contribution in [0.25, 0.3) is 22.2 Å². The highest BCUT2D eigenvalue weighted by Crippen LogP contribution is 2.39. The van der Waals surface area contributed by atoms with Gasteiger partial charge in [0.25, 0.3) is 0 Å². The maximum Gasteiger partial charge on any atom is 0.308 e. The Hall–Kier alpha value is -4.25. The molecular formula is C51H72ClN6O4+. The summed E-state index contributed by atoms with van der Waals surface area (Å²) in [4.78, 5) is 20.5. The second kappa shape index (κ2) is 29.9. The third-order valence-electron chi connectivity index (χ3n) is 11.4. The first-order valence-corrected chi connectivity index (χ1v) is 24.1. The number of fused-ring (bicyclic) bond motifs is 1. The van der Waals surface area contributed by atoms with Gasteiger partial charge in [-0.3, -0.25) is 19.4 Å². The van der Waals surface area contributed by atoms with Crippen molar-refractivity contribution in [1.29, 1.82) is 0 Å². The van der Waals surface area contributed by atoms with Crippen LogP contribution in [0.15, 0.2) is 79.6 Å². The summed E-state index contributed by atoms with van der Waals surface area (Å²) < 4.78 is 21.6. The first-order chi connectivity index (χ1) is 30.6. The number of nitrogens with zero attached hydrogens (tertiary/aromatic N) is 6. The quantitative estimate of drug-likeness (QED) is 0.0174. The smallest absolute Gasteiger partial charge is 0.308 e. The van der Waals surface area contributed by atoms with Crippen molar-refractivity contribution in [3.8, 4) is 17.0 Å². The van der Waals surface area contributed by atoms with Crippen LogP contribution in [0.1, 0.15) is 146 Å². The second-order valence-electron chi connectivity index (χ2n) is 16.7. The normalized spacial score (nSPS) is 11.5. The summed E-state index contributed by atoms with van der Waals surface area (Å²) in [5.41, 5.74) is 4.45. The lowest BCUT2D eigenvalue weighted by Gasteiger charge is -2.11. The monoisotopic (exact) mass is 868 g/mol. The van der Waals surface area contributed by atoms with E-state index in [-0.39, 0.29) is 0 Å². The number of carbonyl (C=O) groups is 1. The van der Waals surface area contributed by atoms with Crippen LogP contribution < -0.4 is 9.30 Å². The fraction of sp³-hybridized carbons (Fsp3) is 0.569. The van der Waals surface area contributed by atoms with Crippen LogP contribution in [-0.4, -0.2) is 57.4 Å². The molecular weight excluding hydrogens is 796 g/mol. The highest BCUT2D eigenvalue weighted by molar-refractivity contribution is 6.36. The Bertz CT molecular complexity index is 1970. The van der Waals surface area contributed by atoms with E-state index in [1.807, 2.05) is 35.4 Å². The molecule has 0 aliphatic rings. The predicted octanol–water partition coefficient (Wildman–Crippen LogP) is 12.1. The molecule has 4 heterocycles. The number of esters is 1. The zero-order valence-corrected chi connectivity index (χ0v) is 38.3. The molecule has 0 aliphatic carbocycles. The molecule has 0 unspecified atom stereocenters. The SMILES string of the molecule is CC(=O)Oc1c(-c2cn(CCCCCCCCCCCCOCCCc3ccc[n+](CCCCCCCCCCOCCCc4cccnc4)c3)nn2)cc(Cl)c2cccnc12. The summed E-state index contributed by atoms with van der Waals surface area (Å²) in [6, 6.07) is 14.0. The number of ether oxygens (including phenoxy) is 3. The number of benzene rings is 1. The number of rotatable bonds is 34. The summed E-state index contributed by atoms with van der Waals surface area (Å²) in [6.07, 6.45) is 38.9. The van der Waals surface area contributed by atoms with Crippen molar-refractivity contribution >= 4 is 28.5 Å². The molecule has 4 aromatic heterocycles. The molecule has 336 valence electrons. The molecule has 0 radical (unpaired) electrons. The van der Waals surface area contributed by atoms with Crippen molar-refractivity contribution in [3.63, 3.8) is 0 Å². The Morgan fingerprint density at radius 2 is 1.29 bits per heavy atom. The van der Waals surface area contributed by atoms with E-state index in [1.54, 1.807) is 18.3 Å². The number of unbranched alkanes of at least 4 members (excludes halogenated alkanes) is 16. The minimum Gasteiger partial charge on any atom is -0.424 e. The van der Waals surface area contributed by atoms with Gasteiger partial charge < -0.3 is 14.2 Å². The number of halogens is 1. The molecule has 0 saturated heterocycles. The number of pyridine rings is 3. The van der Waals surface area contributed by atoms with Gasteiger partial charge in [-0.15, -0.1) is 5.10 Å². The summed E-state index contributed by atoms with van der Waals surface area (Å²) in [7, 11) is 0. The third kappa shape index (κ3) is 19.0. The molecule has 5 aromatic rings. The molecule has 0 aliphatic heterocycles. The number of hydrogen-bond acceptors (Lipinski definition) is 8. The van der Waals surface area contributed by atoms with Crippen LogP contribution in [0.4, 0.5) is 0 Å². The van der Waals surface area contributed by atoms with Gasteiger partial charge in [0.15, 0.2) is 18.1 Å². The van der Waals surface area contributed by atoms with Crippen molar-refractivity contribution in [1.82, 2.24) is 25.0 Å². The highest BCUT2D eigenvalue weighted by atomic mass is 35.5. The zero-order valence-electron chi connectivity index (χ0n) is 37.5. The molecule has 0 spiro atoms. The Morgan fingerprint density at radius 3 is 1.95 bits per heavy atom. The highest BCUT2D eigenvalue weighted by Gasteiger charge is 2.19. The van der Waals surface area contributed by atoms with E-state index >= 15 is 0 Å². The minimum atomic E-state index is -0.424. The van der Waals surface area contributed by atoms with Crippen LogP contribution in [0.3, 0.4) is 0 Å². The van der Waals surface area contributed by atoms with Gasteiger partial charge in [-0.25, -0.2) is 4.57 Å². The predicted molar refractivity (Wildman–Crippen MR) is 249 cm³/mol. The van der Waals surface area contributed by atoms with Gasteiger partial charge in [0.1, 0.15) is 17.8 Å². The number of hydrogen-bond donors (Lipinski definition) is 0. The molecule has 62 heavy (non-hydrogen) atoms. The lowest BCUT2D eigenvalue weighted by molar-refractivity contribution is -0.697. The van der Waals surface area contributed by atoms with Crippen LogP contribution >= 0.6 is 11.6 Å². The van der Waals surface area contributed by atoms with Crippen molar-refractivity contribution in [2.75, 3.05) is 26.4 Å². The fourth-order valence-electron chi connectivity index (χ4n) is 7.97. The fourth-order valence-corrected chi connectivity index (χ4v) is 8.23. The molecule has 0 fully saturated rings. The van der Waals surface area contributed by atoms with E-state index in [2.05, 4.69) is 55.4 Å². The molecule has 10 nitrogen and oxygen atoms in total. The van der Waals surface area contributed by atoms with E-state index in [0.29, 0.717) is 27.5 Å². The maximum atomic E-state index is 11.9. The van der Waals surface area contributed by atoms with Crippen molar-refractivity contribution in [2.24, 2.45) is 0 Å². The van der Waals surface area contributed by atoms with Crippen molar-refractivity contribution in [3.05, 3.63) is 95.8 Å². The first kappa shape index (κ1) is 48.8. The number of aromatic nitrogens is 6. The lowest BCUT2D eigenvalue weighted by atomic mass is 10.1. The van der Waals surface area contributed by atoms with Gasteiger partial charge in [0.2, 0.25) is 0 Å². The van der Waals surface area contributed by atoms with E-state index in [9.17, 15) is 4.79 Å². The standard InChI is InChI=1S/C51H72ClN6O4/c1-43(59)62-51-47(39-48(52)46-29-21-31-54-50(46)51)49-42-58(56-55-49)34-17-13-9-4-2-3-6-10-14-19-36-61-38-24-28-45-26-22-33-57(41-45)32-16-12-8-5-7-11-15-18-35-60-37-23-27-44-25-20-30-53-40-44/h20-22,25-26,29-31,33,39-42H,2-19,23-24,27-28,32,34-38H2,1H3/q+1. The summed E-state index contributed by atoms with van der Waals surface area (Å²) in [6.45, 7) is 6.76. The van der Waals surface area contributed by atoms with Gasteiger partial charge >= 0.3 is 5.97 Å². The Morgan fingerprint density at radius 1 is 0.694 bits per heavy atom. The molecule has 11 heteroatoms. The number of carbonyl (C=O) groups excluding carboxylic acids is 1. The van der Waals surface area contributed by atoms with Crippen LogP contribution in [0.2, 0.25) is 5.02 Å². The molecule has 0 atom stereocenters. The van der Waals surface area contributed by atoms with E-state index in [4.69, 9.17) is 25.8 Å². The zero-order chi connectivity index (χ0) is 43.3. The first-order valence-electron chi connectivity index (χ1n) is 23.8. The second-order valence-corrected chi connectivity index (χ2v) is 17.1. The van der Waals surface area contributed by atoms with Crippen molar-refractivity contribution in [2.45, 2.75) is 161 Å². The topological polar surface area (TPSA) is 105 Å². The van der Waals surface area contributed by atoms with Gasteiger partial charge in [0.05, 0.1) is 16.8 Å². The Balaban J connectivity index is 0.774. The summed E-state index contributed by atoms with van der Waals surface area (Å²) in [5.74, 6) is -0.0657. The van der Waals surface area contributed by atoms with Gasteiger partial charge in [-0.2, -0.15) is 0 Å². The molecule has 0 bridgehead atoms. The Kier molecular flexibility index (Phi) is 23.6. The molecule has 0 N–H and O–H groups in total. The number of aryl methyl sites for hydroxylation is 4. The maximum absolute atomic E-state index is 11.9. The molecule has 0 saturated carbocycles.